The molecule has 0 spiro atoms. The van der Waals surface area contributed by atoms with Crippen LogP contribution in [-0.2, 0) is 4.74 Å². The minimum absolute atomic E-state index is 0.0608. The van der Waals surface area contributed by atoms with E-state index in [4.69, 9.17) is 4.74 Å². The van der Waals surface area contributed by atoms with E-state index in [-0.39, 0.29) is 34.8 Å². The van der Waals surface area contributed by atoms with E-state index in [2.05, 4.69) is 0 Å². The fourth-order valence-corrected chi connectivity index (χ4v) is 2.81. The van der Waals surface area contributed by atoms with Gasteiger partial charge < -0.3 is 9.30 Å². The van der Waals surface area contributed by atoms with Gasteiger partial charge in [0.25, 0.3) is 0 Å². The molecular weight excluding hydrogens is 311 g/mol. The Morgan fingerprint density at radius 3 is 2.52 bits per heavy atom. The molecular formula is C16H14F3NO3. The first-order chi connectivity index (χ1) is 10.9. The van der Waals surface area contributed by atoms with Crippen molar-refractivity contribution in [1.82, 2.24) is 4.57 Å². The van der Waals surface area contributed by atoms with Crippen LogP contribution in [0.2, 0.25) is 0 Å². The van der Waals surface area contributed by atoms with Gasteiger partial charge in [0, 0.05) is 11.7 Å². The Morgan fingerprint density at radius 2 is 1.96 bits per heavy atom. The second-order valence-corrected chi connectivity index (χ2v) is 5.49. The van der Waals surface area contributed by atoms with Gasteiger partial charge in [-0.15, -0.1) is 0 Å². The standard InChI is InChI=1S/C16H14F3NO3/c1-3-23-16(22)11-7(2)20(8-4-5-8)14-9(15(11)21)6-10(17)12(18)13(14)19/h6,8H,3-5H2,1-2H3. The molecule has 0 unspecified atom stereocenters. The van der Waals surface area contributed by atoms with Crippen LogP contribution in [0.5, 0.6) is 0 Å². The molecule has 0 amide bonds. The number of rotatable bonds is 3. The van der Waals surface area contributed by atoms with Crippen LogP contribution < -0.4 is 5.43 Å². The highest BCUT2D eigenvalue weighted by Crippen LogP contribution is 2.39. The van der Waals surface area contributed by atoms with Gasteiger partial charge in [-0.1, -0.05) is 0 Å². The van der Waals surface area contributed by atoms with Gasteiger partial charge >= 0.3 is 5.97 Å². The summed E-state index contributed by atoms with van der Waals surface area (Å²) in [7, 11) is 0. The lowest BCUT2D eigenvalue weighted by Crippen LogP contribution is -2.25. The molecule has 1 fully saturated rings. The predicted molar refractivity (Wildman–Crippen MR) is 77.0 cm³/mol. The van der Waals surface area contributed by atoms with Crippen molar-refractivity contribution < 1.29 is 22.7 Å². The van der Waals surface area contributed by atoms with Crippen molar-refractivity contribution in [2.45, 2.75) is 32.7 Å². The maximum Gasteiger partial charge on any atom is 0.343 e. The van der Waals surface area contributed by atoms with Crippen molar-refractivity contribution >= 4 is 16.9 Å². The number of fused-ring (bicyclic) bond motifs is 1. The molecule has 1 aromatic heterocycles. The SMILES string of the molecule is CCOC(=O)c1c(C)n(C2CC2)c2c(F)c(F)c(F)cc2c1=O. The monoisotopic (exact) mass is 325 g/mol. The fraction of sp³-hybridized carbons (Fsp3) is 0.375. The third-order valence-electron chi connectivity index (χ3n) is 3.96. The van der Waals surface area contributed by atoms with Crippen LogP contribution in [0.25, 0.3) is 10.9 Å². The van der Waals surface area contributed by atoms with Gasteiger partial charge in [-0.2, -0.15) is 0 Å². The van der Waals surface area contributed by atoms with E-state index in [1.54, 1.807) is 6.92 Å². The third-order valence-corrected chi connectivity index (χ3v) is 3.96. The van der Waals surface area contributed by atoms with Crippen LogP contribution in [0.1, 0.15) is 41.9 Å². The molecule has 3 rings (SSSR count). The number of halogens is 3. The topological polar surface area (TPSA) is 48.3 Å². The molecule has 1 saturated carbocycles. The Labute approximate surface area is 129 Å². The van der Waals surface area contributed by atoms with Gasteiger partial charge in [-0.3, -0.25) is 4.79 Å². The quantitative estimate of drug-likeness (QED) is 0.643. The smallest absolute Gasteiger partial charge is 0.343 e. The Kier molecular flexibility index (Phi) is 3.66. The number of benzene rings is 1. The lowest BCUT2D eigenvalue weighted by molar-refractivity contribution is 0.0523. The van der Waals surface area contributed by atoms with Crippen LogP contribution in [0.15, 0.2) is 10.9 Å². The molecule has 0 radical (unpaired) electrons. The van der Waals surface area contributed by atoms with Gasteiger partial charge in [-0.25, -0.2) is 18.0 Å². The second-order valence-electron chi connectivity index (χ2n) is 5.49. The van der Waals surface area contributed by atoms with E-state index in [1.807, 2.05) is 0 Å². The average Bonchev–Trinajstić information content (AvgIpc) is 3.31. The van der Waals surface area contributed by atoms with E-state index < -0.39 is 28.8 Å². The van der Waals surface area contributed by atoms with Crippen molar-refractivity contribution in [1.29, 1.82) is 0 Å². The summed E-state index contributed by atoms with van der Waals surface area (Å²) >= 11 is 0. The molecule has 1 aliphatic rings. The Hall–Kier alpha value is -2.31. The minimum Gasteiger partial charge on any atom is -0.462 e. The highest BCUT2D eigenvalue weighted by Gasteiger charge is 2.32. The van der Waals surface area contributed by atoms with Gasteiger partial charge in [0.05, 0.1) is 17.5 Å². The predicted octanol–water partition coefficient (Wildman–Crippen LogP) is 3.24. The van der Waals surface area contributed by atoms with Gasteiger partial charge in [0.2, 0.25) is 5.43 Å². The third kappa shape index (κ3) is 2.31. The lowest BCUT2D eigenvalue weighted by Gasteiger charge is -2.18. The summed E-state index contributed by atoms with van der Waals surface area (Å²) in [5.41, 5.74) is -1.22. The van der Waals surface area contributed by atoms with Crippen molar-refractivity contribution in [2.75, 3.05) is 6.61 Å². The molecule has 1 heterocycles. The fourth-order valence-electron chi connectivity index (χ4n) is 2.81. The summed E-state index contributed by atoms with van der Waals surface area (Å²) in [4.78, 5) is 24.6. The van der Waals surface area contributed by atoms with Crippen molar-refractivity contribution in [3.05, 3.63) is 45.0 Å². The first kappa shape index (κ1) is 15.6. The van der Waals surface area contributed by atoms with E-state index >= 15 is 0 Å². The van der Waals surface area contributed by atoms with Crippen LogP contribution >= 0.6 is 0 Å². The number of carbonyl (C=O) groups excluding carboxylic acids is 1. The van der Waals surface area contributed by atoms with Gasteiger partial charge in [0.15, 0.2) is 17.5 Å². The van der Waals surface area contributed by atoms with Crippen LogP contribution in [0.4, 0.5) is 13.2 Å². The molecule has 1 aromatic carbocycles. The number of aromatic nitrogens is 1. The first-order valence-corrected chi connectivity index (χ1v) is 7.27. The van der Waals surface area contributed by atoms with E-state index in [0.29, 0.717) is 18.9 Å². The van der Waals surface area contributed by atoms with Gasteiger partial charge in [-0.05, 0) is 32.8 Å². The highest BCUT2D eigenvalue weighted by atomic mass is 19.2. The number of esters is 1. The second kappa shape index (κ2) is 5.40. The van der Waals surface area contributed by atoms with Crippen molar-refractivity contribution in [2.24, 2.45) is 0 Å². The molecule has 23 heavy (non-hydrogen) atoms. The zero-order chi connectivity index (χ0) is 16.9. The van der Waals surface area contributed by atoms with Crippen LogP contribution in [0.3, 0.4) is 0 Å². The van der Waals surface area contributed by atoms with Crippen molar-refractivity contribution in [3.63, 3.8) is 0 Å². The summed E-state index contributed by atoms with van der Waals surface area (Å²) in [5, 5.41) is -0.359. The summed E-state index contributed by atoms with van der Waals surface area (Å²) in [5.74, 6) is -5.36. The van der Waals surface area contributed by atoms with E-state index in [1.165, 1.54) is 11.5 Å². The first-order valence-electron chi connectivity index (χ1n) is 7.27. The van der Waals surface area contributed by atoms with E-state index in [0.717, 1.165) is 0 Å². The number of nitrogens with zero attached hydrogens (tertiary/aromatic N) is 1. The molecule has 0 atom stereocenters. The molecule has 0 bridgehead atoms. The number of hydrogen-bond donors (Lipinski definition) is 0. The molecule has 0 N–H and O–H groups in total. The van der Waals surface area contributed by atoms with E-state index in [9.17, 15) is 22.8 Å². The molecule has 1 aliphatic carbocycles. The minimum atomic E-state index is -1.63. The zero-order valence-corrected chi connectivity index (χ0v) is 12.6. The van der Waals surface area contributed by atoms with Gasteiger partial charge in [0.1, 0.15) is 5.56 Å². The summed E-state index contributed by atoms with van der Waals surface area (Å²) < 4.78 is 47.7. The molecule has 2 aromatic rings. The average molecular weight is 325 g/mol. The summed E-state index contributed by atoms with van der Waals surface area (Å²) in [6.45, 7) is 3.12. The molecule has 0 aliphatic heterocycles. The summed E-state index contributed by atoms with van der Waals surface area (Å²) in [6.07, 6.45) is 1.42. The Bertz CT molecular complexity index is 885. The number of ether oxygens (including phenoxy) is 1. The number of hydrogen-bond acceptors (Lipinski definition) is 3. The normalized spacial score (nSPS) is 14.3. The number of pyridine rings is 1. The van der Waals surface area contributed by atoms with Crippen LogP contribution in [0, 0.1) is 24.4 Å². The maximum absolute atomic E-state index is 14.3. The largest absolute Gasteiger partial charge is 0.462 e. The Balaban J connectivity index is 2.47. The Morgan fingerprint density at radius 1 is 1.30 bits per heavy atom. The summed E-state index contributed by atoms with van der Waals surface area (Å²) in [6, 6.07) is 0.488. The molecule has 0 saturated heterocycles. The highest BCUT2D eigenvalue weighted by molar-refractivity contribution is 5.95. The molecule has 4 nitrogen and oxygen atoms in total. The molecule has 122 valence electrons. The molecule has 7 heteroatoms. The van der Waals surface area contributed by atoms with Crippen LogP contribution in [-0.4, -0.2) is 17.1 Å². The maximum atomic E-state index is 14.3. The lowest BCUT2D eigenvalue weighted by atomic mass is 10.1. The van der Waals surface area contributed by atoms with Crippen molar-refractivity contribution in [3.8, 4) is 0 Å². The zero-order valence-electron chi connectivity index (χ0n) is 12.6. The number of carbonyl (C=O) groups is 1.